The lowest BCUT2D eigenvalue weighted by molar-refractivity contribution is -0.139. The Kier molecular flexibility index (Phi) is 6.94. The topological polar surface area (TPSA) is 96.0 Å². The van der Waals surface area contributed by atoms with E-state index < -0.39 is 0 Å². The number of aromatic amines is 1. The molecular weight excluding hydrogens is 424 g/mol. The van der Waals surface area contributed by atoms with E-state index in [0.717, 1.165) is 52.3 Å². The molecule has 2 N–H and O–H groups in total. The maximum Gasteiger partial charge on any atom is 0.309 e. The molecule has 0 amide bonds. The van der Waals surface area contributed by atoms with Crippen molar-refractivity contribution in [2.45, 2.75) is 49.6 Å². The zero-order valence-corrected chi connectivity index (χ0v) is 19.5. The number of hydrogen-bond acceptors (Lipinski definition) is 8. The number of hydrogen-bond donors (Lipinski definition) is 2. The fourth-order valence-electron chi connectivity index (χ4n) is 3.69. The van der Waals surface area contributed by atoms with Gasteiger partial charge in [-0.1, -0.05) is 12.1 Å². The number of ether oxygens (including phenoxy) is 1. The Morgan fingerprint density at radius 2 is 1.91 bits per heavy atom. The second-order valence-electron chi connectivity index (χ2n) is 7.91. The maximum atomic E-state index is 11.5. The fraction of sp³-hybridized carbons (Fsp3) is 0.391. The monoisotopic (exact) mass is 452 g/mol. The van der Waals surface area contributed by atoms with Crippen molar-refractivity contribution in [1.29, 1.82) is 0 Å². The minimum Gasteiger partial charge on any atom is -0.469 e. The third kappa shape index (κ3) is 5.40. The molecule has 32 heavy (non-hydrogen) atoms. The molecule has 1 saturated heterocycles. The number of aryl methyl sites for hydroxylation is 1. The van der Waals surface area contributed by atoms with E-state index in [2.05, 4.69) is 27.3 Å². The van der Waals surface area contributed by atoms with Crippen molar-refractivity contribution in [3.8, 4) is 0 Å². The van der Waals surface area contributed by atoms with Gasteiger partial charge in [-0.25, -0.2) is 9.97 Å². The first-order chi connectivity index (χ1) is 15.5. The summed E-state index contributed by atoms with van der Waals surface area (Å²) in [6.07, 6.45) is 3.88. The first-order valence-electron chi connectivity index (χ1n) is 10.8. The molecular formula is C23H28N6O2S. The van der Waals surface area contributed by atoms with Crippen LogP contribution in [0.2, 0.25) is 0 Å². The Morgan fingerprint density at radius 1 is 1.16 bits per heavy atom. The van der Waals surface area contributed by atoms with E-state index >= 15 is 0 Å². The Labute approximate surface area is 192 Å². The van der Waals surface area contributed by atoms with Gasteiger partial charge in [0.25, 0.3) is 0 Å². The SMILES string of the molecule is COC(=O)Cc1ccc(Sc2nc(Nc3cc(C)[nH]n3)c(C)c(N3CCCCC3)n2)cc1. The molecule has 0 aliphatic carbocycles. The number of piperidine rings is 1. The van der Waals surface area contributed by atoms with Crippen LogP contribution in [-0.2, 0) is 16.0 Å². The summed E-state index contributed by atoms with van der Waals surface area (Å²) < 4.78 is 4.74. The van der Waals surface area contributed by atoms with E-state index in [-0.39, 0.29) is 12.4 Å². The molecule has 4 rings (SSSR count). The van der Waals surface area contributed by atoms with Crippen molar-refractivity contribution in [3.63, 3.8) is 0 Å². The van der Waals surface area contributed by atoms with E-state index in [1.54, 1.807) is 0 Å². The molecule has 0 radical (unpaired) electrons. The first-order valence-corrected chi connectivity index (χ1v) is 11.6. The number of nitrogens with zero attached hydrogens (tertiary/aromatic N) is 4. The zero-order valence-electron chi connectivity index (χ0n) is 18.6. The van der Waals surface area contributed by atoms with E-state index in [4.69, 9.17) is 14.7 Å². The molecule has 1 fully saturated rings. The molecule has 1 aliphatic heterocycles. The van der Waals surface area contributed by atoms with Crippen LogP contribution in [0.1, 0.15) is 36.1 Å². The van der Waals surface area contributed by atoms with Crippen molar-refractivity contribution in [2.75, 3.05) is 30.4 Å². The van der Waals surface area contributed by atoms with Gasteiger partial charge in [0.2, 0.25) is 0 Å². The third-order valence-electron chi connectivity index (χ3n) is 5.42. The molecule has 1 aliphatic rings. The van der Waals surface area contributed by atoms with Crippen molar-refractivity contribution in [3.05, 3.63) is 47.2 Å². The quantitative estimate of drug-likeness (QED) is 0.402. The standard InChI is InChI=1S/C23H28N6O2S/c1-15-13-19(28-27-15)24-21-16(2)22(29-11-5-4-6-12-29)26-23(25-21)32-18-9-7-17(8-10-18)14-20(30)31-3/h7-10,13H,4-6,11-12,14H2,1-3H3,(H2,24,25,26,27,28). The van der Waals surface area contributed by atoms with Gasteiger partial charge in [-0.3, -0.25) is 9.89 Å². The molecule has 0 saturated carbocycles. The van der Waals surface area contributed by atoms with Gasteiger partial charge >= 0.3 is 5.97 Å². The molecule has 0 unspecified atom stereocenters. The van der Waals surface area contributed by atoms with Crippen LogP contribution < -0.4 is 10.2 Å². The number of nitrogens with one attached hydrogen (secondary N) is 2. The maximum absolute atomic E-state index is 11.5. The van der Waals surface area contributed by atoms with E-state index in [9.17, 15) is 4.79 Å². The number of anilines is 3. The lowest BCUT2D eigenvalue weighted by Crippen LogP contribution is -2.31. The second-order valence-corrected chi connectivity index (χ2v) is 8.95. The molecule has 1 aromatic carbocycles. The predicted octanol–water partition coefficient (Wildman–Crippen LogP) is 4.42. The van der Waals surface area contributed by atoms with Gasteiger partial charge in [0.05, 0.1) is 13.5 Å². The highest BCUT2D eigenvalue weighted by molar-refractivity contribution is 7.99. The summed E-state index contributed by atoms with van der Waals surface area (Å²) in [5.74, 6) is 2.22. The Bertz CT molecular complexity index is 1080. The molecule has 9 heteroatoms. The number of methoxy groups -OCH3 is 1. The first kappa shape index (κ1) is 22.1. The smallest absolute Gasteiger partial charge is 0.309 e. The number of carbonyl (C=O) groups is 1. The van der Waals surface area contributed by atoms with Gasteiger partial charge in [0.15, 0.2) is 11.0 Å². The summed E-state index contributed by atoms with van der Waals surface area (Å²) in [5, 5.41) is 11.3. The second kappa shape index (κ2) is 10.0. The van der Waals surface area contributed by atoms with Crippen LogP contribution in [0.5, 0.6) is 0 Å². The number of rotatable bonds is 7. The predicted molar refractivity (Wildman–Crippen MR) is 126 cm³/mol. The largest absolute Gasteiger partial charge is 0.469 e. The highest BCUT2D eigenvalue weighted by Crippen LogP contribution is 2.33. The summed E-state index contributed by atoms with van der Waals surface area (Å²) in [4.78, 5) is 24.6. The highest BCUT2D eigenvalue weighted by Gasteiger charge is 2.20. The van der Waals surface area contributed by atoms with Crippen molar-refractivity contribution in [2.24, 2.45) is 0 Å². The van der Waals surface area contributed by atoms with E-state index in [1.807, 2.05) is 37.3 Å². The van der Waals surface area contributed by atoms with Gasteiger partial charge in [-0.05, 0) is 62.6 Å². The number of aromatic nitrogens is 4. The Hall–Kier alpha value is -3.07. The number of benzene rings is 1. The molecule has 3 heterocycles. The summed E-state index contributed by atoms with van der Waals surface area (Å²) >= 11 is 1.50. The molecule has 8 nitrogen and oxygen atoms in total. The van der Waals surface area contributed by atoms with Gasteiger partial charge in [0, 0.05) is 35.3 Å². The highest BCUT2D eigenvalue weighted by atomic mass is 32.2. The number of carbonyl (C=O) groups excluding carboxylic acids is 1. The van der Waals surface area contributed by atoms with Crippen LogP contribution in [0.4, 0.5) is 17.5 Å². The molecule has 2 aromatic heterocycles. The van der Waals surface area contributed by atoms with Crippen molar-refractivity contribution >= 4 is 35.2 Å². The van der Waals surface area contributed by atoms with E-state index in [0.29, 0.717) is 5.16 Å². The number of esters is 1. The van der Waals surface area contributed by atoms with Crippen LogP contribution in [0.25, 0.3) is 0 Å². The number of H-pyrrole nitrogens is 1. The lowest BCUT2D eigenvalue weighted by atomic mass is 10.1. The molecule has 0 spiro atoms. The normalized spacial score (nSPS) is 13.8. The van der Waals surface area contributed by atoms with Crippen LogP contribution in [-0.4, -0.2) is 46.3 Å². The van der Waals surface area contributed by atoms with Crippen LogP contribution in [0.3, 0.4) is 0 Å². The van der Waals surface area contributed by atoms with Crippen LogP contribution >= 0.6 is 11.8 Å². The minimum atomic E-state index is -0.247. The summed E-state index contributed by atoms with van der Waals surface area (Å²) in [6, 6.07) is 9.79. The Morgan fingerprint density at radius 3 is 2.56 bits per heavy atom. The van der Waals surface area contributed by atoms with Gasteiger partial charge in [-0.15, -0.1) is 0 Å². The molecule has 0 bridgehead atoms. The van der Waals surface area contributed by atoms with Crippen LogP contribution in [0, 0.1) is 13.8 Å². The van der Waals surface area contributed by atoms with Crippen molar-refractivity contribution < 1.29 is 9.53 Å². The van der Waals surface area contributed by atoms with Gasteiger partial charge in [-0.2, -0.15) is 5.10 Å². The minimum absolute atomic E-state index is 0.247. The average Bonchev–Trinajstić information content (AvgIpc) is 3.22. The van der Waals surface area contributed by atoms with Gasteiger partial charge in [0.1, 0.15) is 11.6 Å². The Balaban J connectivity index is 1.61. The molecule has 0 atom stereocenters. The summed E-state index contributed by atoms with van der Waals surface area (Å²) in [5.41, 5.74) is 2.92. The van der Waals surface area contributed by atoms with Gasteiger partial charge < -0.3 is 15.0 Å². The molecule has 3 aromatic rings. The molecule has 168 valence electrons. The summed E-state index contributed by atoms with van der Waals surface area (Å²) in [7, 11) is 1.40. The summed E-state index contributed by atoms with van der Waals surface area (Å²) in [6.45, 7) is 6.04. The third-order valence-corrected chi connectivity index (χ3v) is 6.29. The van der Waals surface area contributed by atoms with Crippen molar-refractivity contribution in [1.82, 2.24) is 20.2 Å². The average molecular weight is 453 g/mol. The lowest BCUT2D eigenvalue weighted by Gasteiger charge is -2.29. The fourth-order valence-corrected chi connectivity index (χ4v) is 4.44. The zero-order chi connectivity index (χ0) is 22.5. The van der Waals surface area contributed by atoms with E-state index in [1.165, 1.54) is 38.1 Å². The van der Waals surface area contributed by atoms with Crippen LogP contribution in [0.15, 0.2) is 40.4 Å².